The van der Waals surface area contributed by atoms with E-state index in [-0.39, 0.29) is 12.1 Å². The summed E-state index contributed by atoms with van der Waals surface area (Å²) in [6.45, 7) is 5.99. The maximum Gasteiger partial charge on any atom is 0.239 e. The molecule has 6 heteroatoms. The number of hydrogen-bond donors (Lipinski definition) is 4. The lowest BCUT2D eigenvalue weighted by atomic mass is 9.94. The lowest BCUT2D eigenvalue weighted by molar-refractivity contribution is 0.202. The fourth-order valence-corrected chi connectivity index (χ4v) is 1.66. The van der Waals surface area contributed by atoms with Gasteiger partial charge in [0.1, 0.15) is 5.82 Å². The Bertz CT molecular complexity index is 357. The topological polar surface area (TPSA) is 96.1 Å². The number of nitrogens with two attached hydrogens (primary N) is 1. The molecule has 17 heavy (non-hydrogen) atoms. The molecule has 1 rings (SSSR count). The third-order valence-corrected chi connectivity index (χ3v) is 3.03. The summed E-state index contributed by atoms with van der Waals surface area (Å²) in [6, 6.07) is 1.83. The van der Waals surface area contributed by atoms with Crippen molar-refractivity contribution in [3.05, 3.63) is 11.8 Å². The van der Waals surface area contributed by atoms with Crippen LogP contribution in [0, 0.1) is 6.92 Å². The minimum atomic E-state index is -0.341. The third kappa shape index (κ3) is 3.28. The van der Waals surface area contributed by atoms with Gasteiger partial charge in [0.25, 0.3) is 0 Å². The highest BCUT2D eigenvalue weighted by Gasteiger charge is 2.25. The highest BCUT2D eigenvalue weighted by Crippen LogP contribution is 2.21. The van der Waals surface area contributed by atoms with E-state index >= 15 is 0 Å². The molecule has 0 aromatic carbocycles. The molecule has 1 heterocycles. The van der Waals surface area contributed by atoms with Crippen LogP contribution < -0.4 is 16.6 Å². The van der Waals surface area contributed by atoms with Crippen LogP contribution >= 0.6 is 0 Å². The number of aliphatic hydroxyl groups excluding tert-OH is 1. The lowest BCUT2D eigenvalue weighted by Crippen LogP contribution is -2.41. The summed E-state index contributed by atoms with van der Waals surface area (Å²) in [5.41, 5.74) is 2.90. The normalized spacial score (nSPS) is 11.4. The van der Waals surface area contributed by atoms with Crippen molar-refractivity contribution in [2.75, 3.05) is 17.3 Å². The van der Waals surface area contributed by atoms with E-state index in [1.165, 1.54) is 0 Å². The number of nitrogens with one attached hydrogen (secondary N) is 2. The fourth-order valence-electron chi connectivity index (χ4n) is 1.66. The molecule has 0 aliphatic carbocycles. The van der Waals surface area contributed by atoms with Crippen LogP contribution in [0.4, 0.5) is 11.8 Å². The molecule has 0 aliphatic heterocycles. The van der Waals surface area contributed by atoms with Crippen molar-refractivity contribution >= 4 is 11.8 Å². The SMILES string of the molecule is CCC(CC)(CO)Nc1cc(C)nc(NN)n1. The molecule has 0 aliphatic rings. The van der Waals surface area contributed by atoms with Crippen molar-refractivity contribution < 1.29 is 5.11 Å². The quantitative estimate of drug-likeness (QED) is 0.437. The molecule has 0 amide bonds. The summed E-state index contributed by atoms with van der Waals surface area (Å²) in [5.74, 6) is 6.33. The largest absolute Gasteiger partial charge is 0.394 e. The van der Waals surface area contributed by atoms with Gasteiger partial charge in [-0.3, -0.25) is 5.43 Å². The predicted molar refractivity (Wildman–Crippen MR) is 68.6 cm³/mol. The van der Waals surface area contributed by atoms with Crippen LogP contribution in [0.2, 0.25) is 0 Å². The molecule has 1 aromatic heterocycles. The molecule has 96 valence electrons. The Balaban J connectivity index is 2.96. The summed E-state index contributed by atoms with van der Waals surface area (Å²) in [5, 5.41) is 12.7. The van der Waals surface area contributed by atoms with Crippen molar-refractivity contribution in [3.8, 4) is 0 Å². The Morgan fingerprint density at radius 2 is 2.00 bits per heavy atom. The number of rotatable bonds is 6. The Labute approximate surface area is 102 Å². The van der Waals surface area contributed by atoms with Gasteiger partial charge in [-0.1, -0.05) is 13.8 Å². The van der Waals surface area contributed by atoms with E-state index in [4.69, 9.17) is 5.84 Å². The van der Waals surface area contributed by atoms with Crippen LogP contribution in [-0.2, 0) is 0 Å². The second-order valence-corrected chi connectivity index (χ2v) is 4.13. The summed E-state index contributed by atoms with van der Waals surface area (Å²) in [7, 11) is 0. The van der Waals surface area contributed by atoms with E-state index < -0.39 is 0 Å². The first-order valence-electron chi connectivity index (χ1n) is 5.80. The highest BCUT2D eigenvalue weighted by molar-refractivity contribution is 5.43. The number of hydrazine groups is 1. The van der Waals surface area contributed by atoms with Gasteiger partial charge in [-0.25, -0.2) is 10.8 Å². The first-order chi connectivity index (χ1) is 8.09. The zero-order valence-corrected chi connectivity index (χ0v) is 10.6. The third-order valence-electron chi connectivity index (χ3n) is 3.03. The Kier molecular flexibility index (Phi) is 4.65. The highest BCUT2D eigenvalue weighted by atomic mass is 16.3. The van der Waals surface area contributed by atoms with Crippen LogP contribution in [0.1, 0.15) is 32.4 Å². The van der Waals surface area contributed by atoms with E-state index in [0.717, 1.165) is 18.5 Å². The standard InChI is InChI=1S/C11H21N5O/c1-4-11(5-2,7-17)15-9-6-8(3)13-10(14-9)16-12/h6,17H,4-5,7,12H2,1-3H3,(H2,13,14,15,16). The average molecular weight is 239 g/mol. The van der Waals surface area contributed by atoms with Crippen molar-refractivity contribution in [2.24, 2.45) is 5.84 Å². The van der Waals surface area contributed by atoms with Gasteiger partial charge in [-0.05, 0) is 19.8 Å². The van der Waals surface area contributed by atoms with Crippen LogP contribution in [0.5, 0.6) is 0 Å². The molecule has 0 unspecified atom stereocenters. The molecule has 5 N–H and O–H groups in total. The molecule has 0 atom stereocenters. The monoisotopic (exact) mass is 239 g/mol. The zero-order valence-electron chi connectivity index (χ0n) is 10.6. The van der Waals surface area contributed by atoms with Gasteiger partial charge in [0.15, 0.2) is 0 Å². The molecule has 6 nitrogen and oxygen atoms in total. The Morgan fingerprint density at radius 3 is 2.47 bits per heavy atom. The molecule has 0 saturated heterocycles. The lowest BCUT2D eigenvalue weighted by Gasteiger charge is -2.31. The maximum atomic E-state index is 9.49. The first-order valence-corrected chi connectivity index (χ1v) is 5.80. The first kappa shape index (κ1) is 13.7. The van der Waals surface area contributed by atoms with Gasteiger partial charge in [-0.15, -0.1) is 0 Å². The average Bonchev–Trinajstić information content (AvgIpc) is 2.35. The molecular formula is C11H21N5O. The van der Waals surface area contributed by atoms with Gasteiger partial charge in [0.05, 0.1) is 12.1 Å². The van der Waals surface area contributed by atoms with Crippen LogP contribution in [-0.4, -0.2) is 27.2 Å². The summed E-state index contributed by atoms with van der Waals surface area (Å²) in [6.07, 6.45) is 1.63. The van der Waals surface area contributed by atoms with E-state index in [1.54, 1.807) is 0 Å². The van der Waals surface area contributed by atoms with Gasteiger partial charge in [0, 0.05) is 11.8 Å². The van der Waals surface area contributed by atoms with Gasteiger partial charge < -0.3 is 10.4 Å². The van der Waals surface area contributed by atoms with Gasteiger partial charge in [0.2, 0.25) is 5.95 Å². The zero-order chi connectivity index (χ0) is 12.9. The molecule has 0 bridgehead atoms. The maximum absolute atomic E-state index is 9.49. The Hall–Kier alpha value is -1.40. The van der Waals surface area contributed by atoms with Crippen LogP contribution in [0.25, 0.3) is 0 Å². The molecule has 1 aromatic rings. The fraction of sp³-hybridized carbons (Fsp3) is 0.636. The Morgan fingerprint density at radius 1 is 1.35 bits per heavy atom. The number of aliphatic hydroxyl groups is 1. The van der Waals surface area contributed by atoms with Crippen molar-refractivity contribution in [1.82, 2.24) is 9.97 Å². The van der Waals surface area contributed by atoms with E-state index in [0.29, 0.717) is 11.8 Å². The molecule has 0 spiro atoms. The molecule has 0 fully saturated rings. The number of nitrogen functional groups attached to an aromatic ring is 1. The minimum absolute atomic E-state index is 0.0639. The summed E-state index contributed by atoms with van der Waals surface area (Å²) >= 11 is 0. The van der Waals surface area contributed by atoms with Crippen molar-refractivity contribution in [1.29, 1.82) is 0 Å². The van der Waals surface area contributed by atoms with E-state index in [2.05, 4.69) is 20.7 Å². The predicted octanol–water partition coefficient (Wildman–Crippen LogP) is 1.03. The smallest absolute Gasteiger partial charge is 0.239 e. The number of aromatic nitrogens is 2. The number of nitrogens with zero attached hydrogens (tertiary/aromatic N) is 2. The summed E-state index contributed by atoms with van der Waals surface area (Å²) in [4.78, 5) is 8.32. The second kappa shape index (κ2) is 5.79. The second-order valence-electron chi connectivity index (χ2n) is 4.13. The number of aryl methyl sites for hydroxylation is 1. The molecule has 0 radical (unpaired) electrons. The van der Waals surface area contributed by atoms with Crippen LogP contribution in [0.15, 0.2) is 6.07 Å². The van der Waals surface area contributed by atoms with Crippen molar-refractivity contribution in [2.45, 2.75) is 39.2 Å². The molecular weight excluding hydrogens is 218 g/mol. The number of hydrogen-bond acceptors (Lipinski definition) is 6. The van der Waals surface area contributed by atoms with E-state index in [1.807, 2.05) is 26.8 Å². The van der Waals surface area contributed by atoms with Crippen LogP contribution in [0.3, 0.4) is 0 Å². The van der Waals surface area contributed by atoms with Crippen molar-refractivity contribution in [3.63, 3.8) is 0 Å². The number of anilines is 2. The van der Waals surface area contributed by atoms with Gasteiger partial charge >= 0.3 is 0 Å². The minimum Gasteiger partial charge on any atom is -0.394 e. The molecule has 0 saturated carbocycles. The van der Waals surface area contributed by atoms with Gasteiger partial charge in [-0.2, -0.15) is 4.98 Å². The summed E-state index contributed by atoms with van der Waals surface area (Å²) < 4.78 is 0. The van der Waals surface area contributed by atoms with E-state index in [9.17, 15) is 5.11 Å².